The molecule has 2 rings (SSSR count). The lowest BCUT2D eigenvalue weighted by Gasteiger charge is -2.29. The summed E-state index contributed by atoms with van der Waals surface area (Å²) < 4.78 is 0. The number of amides is 2. The molecule has 2 amide bonds. The van der Waals surface area contributed by atoms with E-state index < -0.39 is 0 Å². The quantitative estimate of drug-likeness (QED) is 0.784. The Kier molecular flexibility index (Phi) is 6.07. The smallest absolute Gasteiger partial charge is 0.319 e. The Labute approximate surface area is 132 Å². The van der Waals surface area contributed by atoms with E-state index in [4.69, 9.17) is 5.11 Å². The summed E-state index contributed by atoms with van der Waals surface area (Å²) in [5, 5.41) is 14.8. The van der Waals surface area contributed by atoms with Gasteiger partial charge in [-0.2, -0.15) is 0 Å². The molecule has 1 aromatic carbocycles. The molecule has 1 aliphatic heterocycles. The molecule has 0 aliphatic carbocycles. The molecule has 0 radical (unpaired) electrons. The lowest BCUT2D eigenvalue weighted by Crippen LogP contribution is -2.40. The normalized spacial score (nSPS) is 17.7. The Bertz CT molecular complexity index is 487. The molecule has 5 nitrogen and oxygen atoms in total. The fourth-order valence-electron chi connectivity index (χ4n) is 2.61. The van der Waals surface area contributed by atoms with E-state index in [2.05, 4.69) is 21.6 Å². The second-order valence-corrected chi connectivity index (χ2v) is 6.15. The zero-order valence-electron chi connectivity index (χ0n) is 13.5. The van der Waals surface area contributed by atoms with Gasteiger partial charge in [-0.1, -0.05) is 13.0 Å². The molecule has 0 spiro atoms. The average Bonchev–Trinajstić information content (AvgIpc) is 2.55. The predicted octanol–water partition coefficient (Wildman–Crippen LogP) is 2.82. The summed E-state index contributed by atoms with van der Waals surface area (Å²) in [6, 6.07) is 7.67. The first-order valence-electron chi connectivity index (χ1n) is 8.13. The number of anilines is 2. The van der Waals surface area contributed by atoms with E-state index in [0.29, 0.717) is 0 Å². The van der Waals surface area contributed by atoms with Crippen LogP contribution in [0.4, 0.5) is 16.2 Å². The fourth-order valence-corrected chi connectivity index (χ4v) is 2.61. The number of piperidine rings is 1. The van der Waals surface area contributed by atoms with Gasteiger partial charge in [0.1, 0.15) is 0 Å². The van der Waals surface area contributed by atoms with E-state index in [0.717, 1.165) is 24.5 Å². The molecule has 1 aliphatic rings. The topological polar surface area (TPSA) is 64.6 Å². The van der Waals surface area contributed by atoms with E-state index in [1.807, 2.05) is 32.0 Å². The van der Waals surface area contributed by atoms with Gasteiger partial charge in [-0.15, -0.1) is 0 Å². The lowest BCUT2D eigenvalue weighted by molar-refractivity contribution is 0.204. The van der Waals surface area contributed by atoms with Crippen LogP contribution in [0.15, 0.2) is 24.3 Å². The van der Waals surface area contributed by atoms with Gasteiger partial charge < -0.3 is 20.6 Å². The van der Waals surface area contributed by atoms with E-state index in [9.17, 15) is 4.79 Å². The van der Waals surface area contributed by atoms with Crippen LogP contribution in [0.2, 0.25) is 0 Å². The van der Waals surface area contributed by atoms with E-state index in [-0.39, 0.29) is 24.6 Å². The van der Waals surface area contributed by atoms with Crippen LogP contribution < -0.4 is 15.5 Å². The molecule has 0 bridgehead atoms. The largest absolute Gasteiger partial charge is 0.396 e. The van der Waals surface area contributed by atoms with Gasteiger partial charge in [-0.05, 0) is 50.3 Å². The third-order valence-electron chi connectivity index (χ3n) is 4.33. The monoisotopic (exact) mass is 305 g/mol. The minimum absolute atomic E-state index is 0.0328. The first-order chi connectivity index (χ1) is 10.6. The summed E-state index contributed by atoms with van der Waals surface area (Å²) in [5.41, 5.74) is 1.96. The van der Waals surface area contributed by atoms with E-state index >= 15 is 0 Å². The van der Waals surface area contributed by atoms with Crippen molar-refractivity contribution in [1.29, 1.82) is 0 Å². The molecule has 2 atom stereocenters. The number of carbonyl (C=O) groups is 1. The van der Waals surface area contributed by atoms with Gasteiger partial charge in [0.2, 0.25) is 0 Å². The molecule has 0 saturated carbocycles. The van der Waals surface area contributed by atoms with Crippen molar-refractivity contribution in [3.8, 4) is 0 Å². The lowest BCUT2D eigenvalue weighted by atomic mass is 10.1. The van der Waals surface area contributed by atoms with Crippen molar-refractivity contribution in [2.75, 3.05) is 29.9 Å². The third-order valence-corrected chi connectivity index (χ3v) is 4.33. The number of hydrogen-bond acceptors (Lipinski definition) is 3. The first-order valence-corrected chi connectivity index (χ1v) is 8.13. The molecule has 1 saturated heterocycles. The number of nitrogens with one attached hydrogen (secondary N) is 2. The molecular weight excluding hydrogens is 278 g/mol. The first kappa shape index (κ1) is 16.6. The fraction of sp³-hybridized carbons (Fsp3) is 0.588. The molecular formula is C17H27N3O2. The Morgan fingerprint density at radius 1 is 1.27 bits per heavy atom. The maximum absolute atomic E-state index is 12.0. The van der Waals surface area contributed by atoms with Crippen molar-refractivity contribution in [3.05, 3.63) is 24.3 Å². The number of rotatable bonds is 5. The second kappa shape index (κ2) is 8.03. The highest BCUT2D eigenvalue weighted by atomic mass is 16.3. The SMILES string of the molecule is CC(CO)C(C)NC(=O)Nc1cccc(N2CCCCC2)c1. The van der Waals surface area contributed by atoms with Gasteiger partial charge in [0.05, 0.1) is 0 Å². The summed E-state index contributed by atoms with van der Waals surface area (Å²) in [7, 11) is 0. The predicted molar refractivity (Wildman–Crippen MR) is 90.4 cm³/mol. The molecule has 1 heterocycles. The van der Waals surface area contributed by atoms with Crippen LogP contribution in [0.1, 0.15) is 33.1 Å². The molecule has 22 heavy (non-hydrogen) atoms. The average molecular weight is 305 g/mol. The summed E-state index contributed by atoms with van der Waals surface area (Å²) in [5.74, 6) is 0.0328. The second-order valence-electron chi connectivity index (χ2n) is 6.15. The van der Waals surface area contributed by atoms with Gasteiger partial charge in [-0.3, -0.25) is 0 Å². The van der Waals surface area contributed by atoms with E-state index in [1.165, 1.54) is 19.3 Å². The van der Waals surface area contributed by atoms with Crippen LogP contribution in [0.5, 0.6) is 0 Å². The van der Waals surface area contributed by atoms with Crippen molar-refractivity contribution in [3.63, 3.8) is 0 Å². The van der Waals surface area contributed by atoms with Crippen LogP contribution in [-0.2, 0) is 0 Å². The highest BCUT2D eigenvalue weighted by Crippen LogP contribution is 2.23. The molecule has 0 aromatic heterocycles. The van der Waals surface area contributed by atoms with Gasteiger partial charge in [0.25, 0.3) is 0 Å². The van der Waals surface area contributed by atoms with Crippen LogP contribution in [0.3, 0.4) is 0 Å². The highest BCUT2D eigenvalue weighted by Gasteiger charge is 2.15. The summed E-state index contributed by atoms with van der Waals surface area (Å²) in [6.45, 7) is 6.03. The highest BCUT2D eigenvalue weighted by molar-refractivity contribution is 5.90. The van der Waals surface area contributed by atoms with Gasteiger partial charge in [-0.25, -0.2) is 4.79 Å². The Morgan fingerprint density at radius 3 is 2.68 bits per heavy atom. The number of hydrogen-bond donors (Lipinski definition) is 3. The molecule has 5 heteroatoms. The molecule has 3 N–H and O–H groups in total. The summed E-state index contributed by atoms with van der Waals surface area (Å²) in [6.07, 6.45) is 3.77. The number of urea groups is 1. The number of aliphatic hydroxyl groups excluding tert-OH is 1. The van der Waals surface area contributed by atoms with Gasteiger partial charge in [0.15, 0.2) is 0 Å². The van der Waals surface area contributed by atoms with Crippen molar-refractivity contribution in [2.45, 2.75) is 39.2 Å². The molecule has 2 unspecified atom stereocenters. The Morgan fingerprint density at radius 2 is 2.00 bits per heavy atom. The minimum Gasteiger partial charge on any atom is -0.396 e. The van der Waals surface area contributed by atoms with Crippen LogP contribution in [0, 0.1) is 5.92 Å². The van der Waals surface area contributed by atoms with Crippen molar-refractivity contribution >= 4 is 17.4 Å². The molecule has 1 aromatic rings. The van der Waals surface area contributed by atoms with Crippen molar-refractivity contribution < 1.29 is 9.90 Å². The van der Waals surface area contributed by atoms with Crippen LogP contribution in [0.25, 0.3) is 0 Å². The van der Waals surface area contributed by atoms with Gasteiger partial charge in [0, 0.05) is 37.1 Å². The maximum atomic E-state index is 12.0. The van der Waals surface area contributed by atoms with Crippen molar-refractivity contribution in [1.82, 2.24) is 5.32 Å². The Balaban J connectivity index is 1.93. The number of carbonyl (C=O) groups excluding carboxylic acids is 1. The molecule has 1 fully saturated rings. The zero-order valence-corrected chi connectivity index (χ0v) is 13.5. The number of nitrogens with zero attached hydrogens (tertiary/aromatic N) is 1. The summed E-state index contributed by atoms with van der Waals surface area (Å²) >= 11 is 0. The standard InChI is InChI=1S/C17H27N3O2/c1-13(12-21)14(2)18-17(22)19-15-7-6-8-16(11-15)20-9-4-3-5-10-20/h6-8,11,13-14,21H,3-5,9-10,12H2,1-2H3,(H2,18,19,22). The van der Waals surface area contributed by atoms with E-state index in [1.54, 1.807) is 0 Å². The van der Waals surface area contributed by atoms with Crippen molar-refractivity contribution in [2.24, 2.45) is 5.92 Å². The van der Waals surface area contributed by atoms with Gasteiger partial charge >= 0.3 is 6.03 Å². The maximum Gasteiger partial charge on any atom is 0.319 e. The van der Waals surface area contributed by atoms with Crippen LogP contribution in [-0.4, -0.2) is 36.9 Å². The third kappa shape index (κ3) is 4.63. The Hall–Kier alpha value is -1.75. The minimum atomic E-state index is -0.233. The zero-order chi connectivity index (χ0) is 15.9. The summed E-state index contributed by atoms with van der Waals surface area (Å²) in [4.78, 5) is 14.4. The number of benzene rings is 1. The van der Waals surface area contributed by atoms with Crippen LogP contribution >= 0.6 is 0 Å². The molecule has 122 valence electrons. The number of aliphatic hydroxyl groups is 1.